The molecule has 0 spiro atoms. The zero-order valence-electron chi connectivity index (χ0n) is 20.1. The van der Waals surface area contributed by atoms with Crippen LogP contribution in [0.3, 0.4) is 0 Å². The van der Waals surface area contributed by atoms with Crippen molar-refractivity contribution >= 4 is 17.2 Å². The Balaban J connectivity index is 1.41. The van der Waals surface area contributed by atoms with Gasteiger partial charge >= 0.3 is 0 Å². The normalized spacial score (nSPS) is 13.9. The molecule has 1 saturated heterocycles. The van der Waals surface area contributed by atoms with Gasteiger partial charge in [-0.25, -0.2) is 9.50 Å². The molecule has 35 heavy (non-hydrogen) atoms. The van der Waals surface area contributed by atoms with Crippen LogP contribution in [0.4, 0.5) is 5.82 Å². The third-order valence-electron chi connectivity index (χ3n) is 6.53. The van der Waals surface area contributed by atoms with Crippen LogP contribution in [0.1, 0.15) is 31.7 Å². The molecule has 0 unspecified atom stereocenters. The summed E-state index contributed by atoms with van der Waals surface area (Å²) in [5.74, 6) is 1.14. The monoisotopic (exact) mass is 468 g/mol. The molecule has 4 aromatic rings. The van der Waals surface area contributed by atoms with E-state index in [1.165, 1.54) is 0 Å². The van der Waals surface area contributed by atoms with Gasteiger partial charge < -0.3 is 9.80 Å². The highest BCUT2D eigenvalue weighted by Gasteiger charge is 2.22. The fourth-order valence-electron chi connectivity index (χ4n) is 4.56. The minimum atomic E-state index is 0.251. The highest BCUT2D eigenvalue weighted by Crippen LogP contribution is 2.32. The first-order valence-electron chi connectivity index (χ1n) is 12.0. The Morgan fingerprint density at radius 1 is 1.03 bits per heavy atom. The molecule has 1 aliphatic rings. The first kappa shape index (κ1) is 22.6. The van der Waals surface area contributed by atoms with Gasteiger partial charge in [-0.1, -0.05) is 13.3 Å². The second-order valence-electron chi connectivity index (χ2n) is 8.88. The smallest absolute Gasteiger partial charge is 0.222 e. The minimum absolute atomic E-state index is 0.251. The van der Waals surface area contributed by atoms with Crippen LogP contribution in [0.25, 0.3) is 27.8 Å². The van der Waals surface area contributed by atoms with Gasteiger partial charge in [-0.3, -0.25) is 9.48 Å². The summed E-state index contributed by atoms with van der Waals surface area (Å²) in [7, 11) is 1.88. The number of pyridine rings is 2. The molecule has 5 rings (SSSR count). The summed E-state index contributed by atoms with van der Waals surface area (Å²) in [6.45, 7) is 5.09. The number of piperazine rings is 1. The number of carbonyl (C=O) groups excluding carboxylic acids is 1. The fourth-order valence-corrected chi connectivity index (χ4v) is 4.56. The molecule has 1 amide bonds. The zero-order valence-corrected chi connectivity index (χ0v) is 20.1. The summed E-state index contributed by atoms with van der Waals surface area (Å²) in [5, 5.41) is 18.3. The van der Waals surface area contributed by atoms with Crippen molar-refractivity contribution in [2.24, 2.45) is 7.05 Å². The number of aryl methyl sites for hydroxylation is 1. The van der Waals surface area contributed by atoms with Gasteiger partial charge in [0, 0.05) is 80.5 Å². The van der Waals surface area contributed by atoms with Gasteiger partial charge in [0.25, 0.3) is 0 Å². The van der Waals surface area contributed by atoms with Crippen molar-refractivity contribution in [3.63, 3.8) is 0 Å². The number of fused-ring (bicyclic) bond motifs is 1. The van der Waals surface area contributed by atoms with Crippen molar-refractivity contribution < 1.29 is 4.79 Å². The van der Waals surface area contributed by atoms with Gasteiger partial charge in [0.2, 0.25) is 5.91 Å². The molecular formula is C26H28N8O. The molecular weight excluding hydrogens is 440 g/mol. The van der Waals surface area contributed by atoms with E-state index >= 15 is 0 Å². The number of amides is 1. The van der Waals surface area contributed by atoms with Crippen molar-refractivity contribution in [3.05, 3.63) is 54.7 Å². The average molecular weight is 469 g/mol. The summed E-state index contributed by atoms with van der Waals surface area (Å²) in [5.41, 5.74) is 5.02. The fraction of sp³-hybridized carbons (Fsp3) is 0.346. The number of nitriles is 1. The van der Waals surface area contributed by atoms with Crippen LogP contribution in [0, 0.1) is 11.3 Å². The predicted molar refractivity (Wildman–Crippen MR) is 134 cm³/mol. The SMILES string of the molecule is CCCCC(=O)N1CCN(c2ccc(-c3cc(-c4cnn(C)c4)cn4ncc(C#N)c34)cn2)CC1. The van der Waals surface area contributed by atoms with Gasteiger partial charge in [-0.05, 0) is 24.6 Å². The maximum Gasteiger partial charge on any atom is 0.222 e. The molecule has 9 nitrogen and oxygen atoms in total. The number of rotatable bonds is 6. The Morgan fingerprint density at radius 2 is 1.86 bits per heavy atom. The third-order valence-corrected chi connectivity index (χ3v) is 6.53. The maximum atomic E-state index is 12.3. The number of aromatic nitrogens is 5. The van der Waals surface area contributed by atoms with E-state index in [4.69, 9.17) is 4.98 Å². The van der Waals surface area contributed by atoms with Crippen LogP contribution in [0.2, 0.25) is 0 Å². The van der Waals surface area contributed by atoms with Crippen LogP contribution < -0.4 is 4.90 Å². The molecule has 0 aliphatic carbocycles. The lowest BCUT2D eigenvalue weighted by molar-refractivity contribution is -0.131. The first-order valence-corrected chi connectivity index (χ1v) is 12.0. The van der Waals surface area contributed by atoms with E-state index in [1.807, 2.05) is 48.9 Å². The molecule has 1 fully saturated rings. The number of hydrogen-bond donors (Lipinski definition) is 0. The number of anilines is 1. The van der Waals surface area contributed by atoms with E-state index < -0.39 is 0 Å². The van der Waals surface area contributed by atoms with E-state index in [1.54, 1.807) is 15.4 Å². The summed E-state index contributed by atoms with van der Waals surface area (Å²) in [6.07, 6.45) is 11.7. The Kier molecular flexibility index (Phi) is 6.19. The summed E-state index contributed by atoms with van der Waals surface area (Å²) in [4.78, 5) is 21.3. The number of hydrogen-bond acceptors (Lipinski definition) is 6. The lowest BCUT2D eigenvalue weighted by atomic mass is 10.0. The molecule has 0 bridgehead atoms. The standard InChI is InChI=1S/C26H28N8O/c1-3-4-5-25(35)33-10-8-32(9-11-33)24-7-6-19(14-28-24)23-12-20(22-16-29-31(2)17-22)18-34-26(23)21(13-27)15-30-34/h6-7,12,14-18H,3-5,8-11H2,1-2H3. The minimum Gasteiger partial charge on any atom is -0.353 e. The Hall–Kier alpha value is -4.19. The van der Waals surface area contributed by atoms with Gasteiger partial charge in [-0.15, -0.1) is 0 Å². The van der Waals surface area contributed by atoms with Crippen molar-refractivity contribution in [3.8, 4) is 28.3 Å². The summed E-state index contributed by atoms with van der Waals surface area (Å²) < 4.78 is 3.51. The van der Waals surface area contributed by atoms with Crippen molar-refractivity contribution in [2.75, 3.05) is 31.1 Å². The van der Waals surface area contributed by atoms with E-state index in [0.29, 0.717) is 12.0 Å². The van der Waals surface area contributed by atoms with Crippen molar-refractivity contribution in [1.82, 2.24) is 29.3 Å². The van der Waals surface area contributed by atoms with E-state index in [2.05, 4.69) is 34.2 Å². The third kappa shape index (κ3) is 4.47. The van der Waals surface area contributed by atoms with Gasteiger partial charge in [-0.2, -0.15) is 15.5 Å². The van der Waals surface area contributed by atoms with Gasteiger partial charge in [0.05, 0.1) is 23.5 Å². The second-order valence-corrected chi connectivity index (χ2v) is 8.88. The number of unbranched alkanes of at least 4 members (excludes halogenated alkanes) is 1. The van der Waals surface area contributed by atoms with E-state index in [9.17, 15) is 10.1 Å². The van der Waals surface area contributed by atoms with Gasteiger partial charge in [0.15, 0.2) is 0 Å². The lowest BCUT2D eigenvalue weighted by Crippen LogP contribution is -2.49. The lowest BCUT2D eigenvalue weighted by Gasteiger charge is -2.35. The Bertz CT molecular complexity index is 1390. The number of nitrogens with zero attached hydrogens (tertiary/aromatic N) is 8. The highest BCUT2D eigenvalue weighted by molar-refractivity contribution is 5.87. The van der Waals surface area contributed by atoms with Gasteiger partial charge in [0.1, 0.15) is 11.9 Å². The quantitative estimate of drug-likeness (QED) is 0.430. The summed E-state index contributed by atoms with van der Waals surface area (Å²) >= 11 is 0. The van der Waals surface area contributed by atoms with E-state index in [-0.39, 0.29) is 5.91 Å². The second kappa shape index (κ2) is 9.58. The molecule has 0 N–H and O–H groups in total. The van der Waals surface area contributed by atoms with E-state index in [0.717, 1.165) is 72.6 Å². The Labute approximate surface area is 204 Å². The topological polar surface area (TPSA) is 95.4 Å². The van der Waals surface area contributed by atoms with Crippen LogP contribution in [0.15, 0.2) is 49.2 Å². The predicted octanol–water partition coefficient (Wildman–Crippen LogP) is 3.51. The van der Waals surface area contributed by atoms with Crippen LogP contribution in [0.5, 0.6) is 0 Å². The molecule has 9 heteroatoms. The largest absolute Gasteiger partial charge is 0.353 e. The maximum absolute atomic E-state index is 12.3. The van der Waals surface area contributed by atoms with Crippen LogP contribution in [-0.4, -0.2) is 61.4 Å². The number of carbonyl (C=O) groups is 1. The molecule has 0 atom stereocenters. The highest BCUT2D eigenvalue weighted by atomic mass is 16.2. The molecule has 0 saturated carbocycles. The van der Waals surface area contributed by atoms with Crippen LogP contribution >= 0.6 is 0 Å². The first-order chi connectivity index (χ1) is 17.1. The van der Waals surface area contributed by atoms with Crippen molar-refractivity contribution in [2.45, 2.75) is 26.2 Å². The molecule has 1 aliphatic heterocycles. The zero-order chi connectivity index (χ0) is 24.4. The molecule has 178 valence electrons. The van der Waals surface area contributed by atoms with Crippen LogP contribution in [-0.2, 0) is 11.8 Å². The Morgan fingerprint density at radius 3 is 2.51 bits per heavy atom. The molecule has 4 aromatic heterocycles. The van der Waals surface area contributed by atoms with Crippen molar-refractivity contribution in [1.29, 1.82) is 5.26 Å². The molecule has 0 radical (unpaired) electrons. The molecule has 0 aromatic carbocycles. The molecule has 5 heterocycles. The average Bonchev–Trinajstić information content (AvgIpc) is 3.53. The summed E-state index contributed by atoms with van der Waals surface area (Å²) in [6, 6.07) is 8.37.